The van der Waals surface area contributed by atoms with Gasteiger partial charge in [-0.1, -0.05) is 21.1 Å². The van der Waals surface area contributed by atoms with Gasteiger partial charge in [0, 0.05) is 15.6 Å². The maximum Gasteiger partial charge on any atom is 0.257 e. The molecule has 1 heterocycles. The monoisotopic (exact) mass is 387 g/mol. The second-order valence-corrected chi connectivity index (χ2v) is 5.85. The average molecular weight is 388 g/mol. The first-order valence-electron chi connectivity index (χ1n) is 7.16. The largest absolute Gasteiger partial charge is 0.497 e. The lowest BCUT2D eigenvalue weighted by Gasteiger charge is -2.02. The third kappa shape index (κ3) is 3.80. The van der Waals surface area contributed by atoms with Crippen LogP contribution in [-0.2, 0) is 6.54 Å². The first kappa shape index (κ1) is 16.2. The van der Waals surface area contributed by atoms with Gasteiger partial charge in [-0.25, -0.2) is 0 Å². The highest BCUT2D eigenvalue weighted by molar-refractivity contribution is 9.10. The number of nitrogens with one attached hydrogen (secondary N) is 1. The van der Waals surface area contributed by atoms with Gasteiger partial charge in [-0.2, -0.15) is 4.98 Å². The number of aromatic nitrogens is 2. The molecule has 0 unspecified atom stereocenters. The van der Waals surface area contributed by atoms with Crippen LogP contribution in [-0.4, -0.2) is 23.2 Å². The van der Waals surface area contributed by atoms with E-state index in [1.807, 2.05) is 36.4 Å². The smallest absolute Gasteiger partial charge is 0.257 e. The molecule has 1 aromatic heterocycles. The molecule has 0 spiro atoms. The molecular weight excluding hydrogens is 374 g/mol. The van der Waals surface area contributed by atoms with Gasteiger partial charge in [-0.3, -0.25) is 4.79 Å². The number of hydrogen-bond acceptors (Lipinski definition) is 5. The van der Waals surface area contributed by atoms with E-state index in [1.165, 1.54) is 0 Å². The minimum absolute atomic E-state index is 0.189. The summed E-state index contributed by atoms with van der Waals surface area (Å²) in [6, 6.07) is 14.4. The number of halogens is 1. The number of amides is 1. The highest BCUT2D eigenvalue weighted by atomic mass is 79.9. The standard InChI is InChI=1S/C17H14BrN3O3/c1-23-14-8-4-12(5-9-14)17-20-15(21-24-17)10-19-16(22)11-2-6-13(18)7-3-11/h2-9H,10H2,1H3,(H,19,22). The van der Waals surface area contributed by atoms with Crippen LogP contribution in [0.2, 0.25) is 0 Å². The summed E-state index contributed by atoms with van der Waals surface area (Å²) >= 11 is 3.33. The van der Waals surface area contributed by atoms with E-state index in [2.05, 4.69) is 31.4 Å². The molecule has 24 heavy (non-hydrogen) atoms. The van der Waals surface area contributed by atoms with E-state index in [0.717, 1.165) is 15.8 Å². The summed E-state index contributed by atoms with van der Waals surface area (Å²) in [5.41, 5.74) is 1.35. The van der Waals surface area contributed by atoms with Crippen molar-refractivity contribution < 1.29 is 14.1 Å². The first-order valence-corrected chi connectivity index (χ1v) is 7.96. The summed E-state index contributed by atoms with van der Waals surface area (Å²) in [4.78, 5) is 16.3. The molecule has 0 atom stereocenters. The molecule has 0 radical (unpaired) electrons. The molecule has 3 aromatic rings. The van der Waals surface area contributed by atoms with Crippen LogP contribution in [0, 0.1) is 0 Å². The maximum absolute atomic E-state index is 12.1. The molecule has 2 aromatic carbocycles. The zero-order valence-corrected chi connectivity index (χ0v) is 14.4. The Labute approximate surface area is 147 Å². The van der Waals surface area contributed by atoms with Gasteiger partial charge in [0.25, 0.3) is 11.8 Å². The number of benzene rings is 2. The van der Waals surface area contributed by atoms with Crippen molar-refractivity contribution in [1.29, 1.82) is 0 Å². The van der Waals surface area contributed by atoms with Gasteiger partial charge in [0.05, 0.1) is 13.7 Å². The molecule has 7 heteroatoms. The quantitative estimate of drug-likeness (QED) is 0.725. The van der Waals surface area contributed by atoms with Gasteiger partial charge in [0.2, 0.25) is 0 Å². The van der Waals surface area contributed by atoms with E-state index in [0.29, 0.717) is 17.3 Å². The third-order valence-electron chi connectivity index (χ3n) is 3.32. The highest BCUT2D eigenvalue weighted by Crippen LogP contribution is 2.20. The van der Waals surface area contributed by atoms with E-state index in [9.17, 15) is 4.79 Å². The highest BCUT2D eigenvalue weighted by Gasteiger charge is 2.11. The summed E-state index contributed by atoms with van der Waals surface area (Å²) < 4.78 is 11.2. The van der Waals surface area contributed by atoms with Gasteiger partial charge in [-0.15, -0.1) is 0 Å². The molecule has 0 fully saturated rings. The number of carbonyl (C=O) groups excluding carboxylic acids is 1. The molecule has 3 rings (SSSR count). The zero-order chi connectivity index (χ0) is 16.9. The van der Waals surface area contributed by atoms with Crippen molar-refractivity contribution in [3.05, 3.63) is 64.4 Å². The number of carbonyl (C=O) groups is 1. The fourth-order valence-corrected chi connectivity index (χ4v) is 2.30. The van der Waals surface area contributed by atoms with Gasteiger partial charge in [-0.05, 0) is 48.5 Å². The molecule has 0 aliphatic rings. The van der Waals surface area contributed by atoms with Crippen molar-refractivity contribution in [2.45, 2.75) is 6.54 Å². The Bertz CT molecular complexity index is 829. The predicted octanol–water partition coefficient (Wildman–Crippen LogP) is 3.44. The average Bonchev–Trinajstić information content (AvgIpc) is 3.09. The number of nitrogens with zero attached hydrogens (tertiary/aromatic N) is 2. The molecule has 0 aliphatic carbocycles. The van der Waals surface area contributed by atoms with Crippen molar-refractivity contribution in [2.75, 3.05) is 7.11 Å². The van der Waals surface area contributed by atoms with E-state index in [4.69, 9.17) is 9.26 Å². The van der Waals surface area contributed by atoms with Gasteiger partial charge in [0.15, 0.2) is 5.82 Å². The summed E-state index contributed by atoms with van der Waals surface area (Å²) in [6.07, 6.45) is 0. The van der Waals surface area contributed by atoms with Gasteiger partial charge >= 0.3 is 0 Å². The third-order valence-corrected chi connectivity index (χ3v) is 3.85. The molecule has 122 valence electrons. The Kier molecular flexibility index (Phi) is 4.90. The summed E-state index contributed by atoms with van der Waals surface area (Å²) in [5, 5.41) is 6.63. The number of methoxy groups -OCH3 is 1. The maximum atomic E-state index is 12.1. The zero-order valence-electron chi connectivity index (χ0n) is 12.8. The second-order valence-electron chi connectivity index (χ2n) is 4.93. The van der Waals surface area contributed by atoms with Crippen molar-refractivity contribution in [2.24, 2.45) is 0 Å². The van der Waals surface area contributed by atoms with Crippen LogP contribution in [0.4, 0.5) is 0 Å². The minimum atomic E-state index is -0.196. The topological polar surface area (TPSA) is 77.2 Å². The van der Waals surface area contributed by atoms with Crippen molar-refractivity contribution in [3.63, 3.8) is 0 Å². The molecule has 1 N–H and O–H groups in total. The lowest BCUT2D eigenvalue weighted by molar-refractivity contribution is 0.0949. The van der Waals surface area contributed by atoms with E-state index >= 15 is 0 Å². The van der Waals surface area contributed by atoms with Gasteiger partial charge in [0.1, 0.15) is 5.75 Å². The molecule has 0 aliphatic heterocycles. The fraction of sp³-hybridized carbons (Fsp3) is 0.118. The lowest BCUT2D eigenvalue weighted by Crippen LogP contribution is -2.23. The SMILES string of the molecule is COc1ccc(-c2nc(CNC(=O)c3ccc(Br)cc3)no2)cc1. The minimum Gasteiger partial charge on any atom is -0.497 e. The van der Waals surface area contributed by atoms with E-state index < -0.39 is 0 Å². The van der Waals surface area contributed by atoms with Gasteiger partial charge < -0.3 is 14.6 Å². The Balaban J connectivity index is 1.63. The fourth-order valence-electron chi connectivity index (χ4n) is 2.04. The Hall–Kier alpha value is -2.67. The number of ether oxygens (including phenoxy) is 1. The van der Waals surface area contributed by atoms with Crippen LogP contribution in [0.3, 0.4) is 0 Å². The van der Waals surface area contributed by atoms with Crippen LogP contribution in [0.25, 0.3) is 11.5 Å². The number of hydrogen-bond donors (Lipinski definition) is 1. The molecule has 0 saturated heterocycles. The second kappa shape index (κ2) is 7.27. The summed E-state index contributed by atoms with van der Waals surface area (Å²) in [6.45, 7) is 0.189. The summed E-state index contributed by atoms with van der Waals surface area (Å²) in [5.74, 6) is 1.36. The molecular formula is C17H14BrN3O3. The van der Waals surface area contributed by atoms with Crippen molar-refractivity contribution in [3.8, 4) is 17.2 Å². The molecule has 0 bridgehead atoms. The predicted molar refractivity (Wildman–Crippen MR) is 91.6 cm³/mol. The van der Waals surface area contributed by atoms with Crippen LogP contribution in [0.5, 0.6) is 5.75 Å². The normalized spacial score (nSPS) is 10.4. The molecule has 0 saturated carbocycles. The van der Waals surface area contributed by atoms with Crippen LogP contribution in [0.1, 0.15) is 16.2 Å². The van der Waals surface area contributed by atoms with Crippen molar-refractivity contribution in [1.82, 2.24) is 15.5 Å². The summed E-state index contributed by atoms with van der Waals surface area (Å²) in [7, 11) is 1.61. The van der Waals surface area contributed by atoms with E-state index in [-0.39, 0.29) is 12.5 Å². The van der Waals surface area contributed by atoms with E-state index in [1.54, 1.807) is 19.2 Å². The Morgan fingerprint density at radius 1 is 1.17 bits per heavy atom. The van der Waals surface area contributed by atoms with Crippen LogP contribution in [0.15, 0.2) is 57.5 Å². The molecule has 6 nitrogen and oxygen atoms in total. The van der Waals surface area contributed by atoms with Crippen LogP contribution < -0.4 is 10.1 Å². The Morgan fingerprint density at radius 2 is 1.88 bits per heavy atom. The lowest BCUT2D eigenvalue weighted by atomic mass is 10.2. The van der Waals surface area contributed by atoms with Crippen LogP contribution >= 0.6 is 15.9 Å². The first-order chi connectivity index (χ1) is 11.7. The van der Waals surface area contributed by atoms with Crippen molar-refractivity contribution >= 4 is 21.8 Å². The molecule has 1 amide bonds. The number of rotatable bonds is 5. The Morgan fingerprint density at radius 3 is 2.54 bits per heavy atom.